The first-order valence-electron chi connectivity index (χ1n) is 8.47. The van der Waals surface area contributed by atoms with E-state index < -0.39 is 0 Å². The van der Waals surface area contributed by atoms with Crippen LogP contribution in [0.2, 0.25) is 0 Å². The van der Waals surface area contributed by atoms with Gasteiger partial charge in [0.05, 0.1) is 5.69 Å². The van der Waals surface area contributed by atoms with Crippen LogP contribution in [0.5, 0.6) is 0 Å². The summed E-state index contributed by atoms with van der Waals surface area (Å²) in [6, 6.07) is 8.06. The molecule has 0 bridgehead atoms. The molecule has 2 saturated heterocycles. The lowest BCUT2D eigenvalue weighted by molar-refractivity contribution is 0.0981. The number of likely N-dealkylation sites (tertiary alicyclic amines) is 1. The maximum Gasteiger partial charge on any atom is 0.225 e. The molecule has 0 aromatic carbocycles. The van der Waals surface area contributed by atoms with Crippen molar-refractivity contribution in [1.82, 2.24) is 19.9 Å². The van der Waals surface area contributed by atoms with Crippen molar-refractivity contribution in [3.63, 3.8) is 0 Å². The predicted octanol–water partition coefficient (Wildman–Crippen LogP) is 2.36. The van der Waals surface area contributed by atoms with Gasteiger partial charge in [-0.15, -0.1) is 0 Å². The van der Waals surface area contributed by atoms with Crippen molar-refractivity contribution in [2.45, 2.75) is 25.8 Å². The van der Waals surface area contributed by atoms with E-state index in [1.54, 1.807) is 0 Å². The molecule has 0 unspecified atom stereocenters. The van der Waals surface area contributed by atoms with Crippen LogP contribution in [-0.2, 0) is 6.54 Å². The first-order valence-corrected chi connectivity index (χ1v) is 8.47. The second-order valence-corrected chi connectivity index (χ2v) is 6.86. The molecule has 4 heterocycles. The largest absolute Gasteiger partial charge is 0.340 e. The van der Waals surface area contributed by atoms with Gasteiger partial charge in [0.2, 0.25) is 5.95 Å². The van der Waals surface area contributed by atoms with E-state index in [-0.39, 0.29) is 0 Å². The van der Waals surface area contributed by atoms with Crippen LogP contribution in [0.25, 0.3) is 0 Å². The Hall–Kier alpha value is -2.01. The van der Waals surface area contributed by atoms with Crippen molar-refractivity contribution in [2.24, 2.45) is 5.41 Å². The molecule has 1 spiro atoms. The molecule has 2 aromatic rings. The fourth-order valence-electron chi connectivity index (χ4n) is 4.06. The number of rotatable bonds is 3. The van der Waals surface area contributed by atoms with Gasteiger partial charge < -0.3 is 4.90 Å². The molecular formula is C18H23N5. The first-order chi connectivity index (χ1) is 11.3. The minimum atomic E-state index is 0.395. The lowest BCUT2D eigenvalue weighted by atomic mass is 9.79. The zero-order valence-electron chi connectivity index (χ0n) is 13.4. The second kappa shape index (κ2) is 6.24. The highest BCUT2D eigenvalue weighted by Crippen LogP contribution is 2.40. The molecule has 0 radical (unpaired) electrons. The van der Waals surface area contributed by atoms with Gasteiger partial charge >= 0.3 is 0 Å². The molecule has 4 rings (SSSR count). The van der Waals surface area contributed by atoms with Crippen LogP contribution in [-0.4, -0.2) is 46.0 Å². The molecule has 0 aliphatic carbocycles. The summed E-state index contributed by atoms with van der Waals surface area (Å²) in [5.41, 5.74) is 1.57. The summed E-state index contributed by atoms with van der Waals surface area (Å²) >= 11 is 0. The molecule has 5 nitrogen and oxygen atoms in total. The van der Waals surface area contributed by atoms with E-state index >= 15 is 0 Å². The summed E-state index contributed by atoms with van der Waals surface area (Å²) in [7, 11) is 0. The number of aromatic nitrogens is 3. The van der Waals surface area contributed by atoms with Gasteiger partial charge in [0, 0.05) is 50.2 Å². The van der Waals surface area contributed by atoms with Gasteiger partial charge in [-0.05, 0) is 44.0 Å². The van der Waals surface area contributed by atoms with Crippen molar-refractivity contribution in [1.29, 1.82) is 0 Å². The van der Waals surface area contributed by atoms with Gasteiger partial charge in [0.25, 0.3) is 0 Å². The fourth-order valence-corrected chi connectivity index (χ4v) is 4.06. The maximum absolute atomic E-state index is 4.48. The minimum absolute atomic E-state index is 0.395. The van der Waals surface area contributed by atoms with Gasteiger partial charge in [-0.25, -0.2) is 9.97 Å². The average Bonchev–Trinajstić information content (AvgIpc) is 3.00. The maximum atomic E-state index is 4.48. The van der Waals surface area contributed by atoms with E-state index in [9.17, 15) is 0 Å². The summed E-state index contributed by atoms with van der Waals surface area (Å²) < 4.78 is 0. The minimum Gasteiger partial charge on any atom is -0.340 e. The molecule has 2 aliphatic heterocycles. The van der Waals surface area contributed by atoms with E-state index in [2.05, 4.69) is 36.9 Å². The number of hydrogen-bond acceptors (Lipinski definition) is 5. The van der Waals surface area contributed by atoms with Crippen molar-refractivity contribution in [3.8, 4) is 0 Å². The van der Waals surface area contributed by atoms with Crippen molar-refractivity contribution in [3.05, 3.63) is 48.5 Å². The van der Waals surface area contributed by atoms with E-state index in [1.165, 1.54) is 31.5 Å². The molecule has 120 valence electrons. The quantitative estimate of drug-likeness (QED) is 0.871. The fraction of sp³-hybridized carbons (Fsp3) is 0.500. The van der Waals surface area contributed by atoms with Gasteiger partial charge in [-0.2, -0.15) is 0 Å². The zero-order chi connectivity index (χ0) is 15.5. The Morgan fingerprint density at radius 3 is 2.61 bits per heavy atom. The number of anilines is 1. The Labute approximate surface area is 137 Å². The highest BCUT2D eigenvalue weighted by atomic mass is 15.3. The zero-order valence-corrected chi connectivity index (χ0v) is 13.4. The van der Waals surface area contributed by atoms with Crippen LogP contribution >= 0.6 is 0 Å². The molecule has 1 atom stereocenters. The van der Waals surface area contributed by atoms with Crippen molar-refractivity contribution in [2.75, 3.05) is 31.1 Å². The van der Waals surface area contributed by atoms with Crippen LogP contribution in [0.15, 0.2) is 42.9 Å². The van der Waals surface area contributed by atoms with E-state index in [0.29, 0.717) is 5.41 Å². The third-order valence-corrected chi connectivity index (χ3v) is 5.13. The molecule has 23 heavy (non-hydrogen) atoms. The van der Waals surface area contributed by atoms with Crippen LogP contribution in [0.4, 0.5) is 5.95 Å². The van der Waals surface area contributed by atoms with Crippen LogP contribution in [0, 0.1) is 5.41 Å². The Morgan fingerprint density at radius 2 is 1.78 bits per heavy atom. The lowest BCUT2D eigenvalue weighted by Gasteiger charge is -2.40. The van der Waals surface area contributed by atoms with Crippen molar-refractivity contribution < 1.29 is 0 Å². The second-order valence-electron chi connectivity index (χ2n) is 6.86. The summed E-state index contributed by atoms with van der Waals surface area (Å²) in [5, 5.41) is 0. The molecule has 0 amide bonds. The van der Waals surface area contributed by atoms with E-state index in [4.69, 9.17) is 0 Å². The molecular weight excluding hydrogens is 286 g/mol. The van der Waals surface area contributed by atoms with Crippen molar-refractivity contribution >= 4 is 5.95 Å². The standard InChI is InChI=1S/C18H23N5/c1-2-8-19-16(5-1)13-22-11-3-6-18(14-22)7-12-23(15-18)17-20-9-4-10-21-17/h1-2,4-5,8-10H,3,6-7,11-15H2/t18-/m0/s1. The average molecular weight is 309 g/mol. The smallest absolute Gasteiger partial charge is 0.225 e. The molecule has 2 aliphatic rings. The highest BCUT2D eigenvalue weighted by molar-refractivity contribution is 5.32. The number of pyridine rings is 1. The number of nitrogens with zero attached hydrogens (tertiary/aromatic N) is 5. The highest BCUT2D eigenvalue weighted by Gasteiger charge is 2.42. The Kier molecular flexibility index (Phi) is 3.95. The molecule has 2 aromatic heterocycles. The normalized spacial score (nSPS) is 25.1. The van der Waals surface area contributed by atoms with Gasteiger partial charge in [0.15, 0.2) is 0 Å². The van der Waals surface area contributed by atoms with Crippen LogP contribution < -0.4 is 4.90 Å². The summed E-state index contributed by atoms with van der Waals surface area (Å²) in [6.07, 6.45) is 9.39. The first kappa shape index (κ1) is 14.6. The third-order valence-electron chi connectivity index (χ3n) is 5.13. The Balaban J connectivity index is 1.43. The van der Waals surface area contributed by atoms with Gasteiger partial charge in [0.1, 0.15) is 0 Å². The lowest BCUT2D eigenvalue weighted by Crippen LogP contribution is -2.44. The summed E-state index contributed by atoms with van der Waals surface area (Å²) in [4.78, 5) is 18.2. The summed E-state index contributed by atoms with van der Waals surface area (Å²) in [5.74, 6) is 0.881. The number of hydrogen-bond donors (Lipinski definition) is 0. The molecule has 0 N–H and O–H groups in total. The summed E-state index contributed by atoms with van der Waals surface area (Å²) in [6.45, 7) is 5.45. The van der Waals surface area contributed by atoms with Gasteiger partial charge in [-0.1, -0.05) is 6.07 Å². The topological polar surface area (TPSA) is 45.2 Å². The third kappa shape index (κ3) is 3.20. The molecule has 0 saturated carbocycles. The van der Waals surface area contributed by atoms with E-state index in [0.717, 1.165) is 32.1 Å². The Bertz CT molecular complexity index is 632. The SMILES string of the molecule is c1ccc(CN2CCC[C@]3(CCN(c4ncccn4)C3)C2)nc1. The monoisotopic (exact) mass is 309 g/mol. The van der Waals surface area contributed by atoms with E-state index in [1.807, 2.05) is 30.7 Å². The van der Waals surface area contributed by atoms with Crippen LogP contribution in [0.1, 0.15) is 25.0 Å². The van der Waals surface area contributed by atoms with Crippen LogP contribution in [0.3, 0.4) is 0 Å². The van der Waals surface area contributed by atoms with Gasteiger partial charge in [-0.3, -0.25) is 9.88 Å². The number of piperidine rings is 1. The Morgan fingerprint density at radius 1 is 0.913 bits per heavy atom. The molecule has 2 fully saturated rings. The predicted molar refractivity (Wildman–Crippen MR) is 90.0 cm³/mol. The molecule has 5 heteroatoms.